The van der Waals surface area contributed by atoms with Gasteiger partial charge in [0.1, 0.15) is 0 Å². The maximum Gasteiger partial charge on any atom is 0.277 e. The smallest absolute Gasteiger partial charge is 0.277 e. The molecule has 2 rings (SSSR count). The van der Waals surface area contributed by atoms with Crippen LogP contribution in [0.25, 0.3) is 0 Å². The van der Waals surface area contributed by atoms with Gasteiger partial charge in [-0.25, -0.2) is 0 Å². The fourth-order valence-corrected chi connectivity index (χ4v) is 2.09. The van der Waals surface area contributed by atoms with Crippen LogP contribution in [0.3, 0.4) is 0 Å². The van der Waals surface area contributed by atoms with Crippen LogP contribution in [0, 0.1) is 37.3 Å². The van der Waals surface area contributed by atoms with Gasteiger partial charge in [-0.3, -0.25) is 35.1 Å². The van der Waals surface area contributed by atoms with Gasteiger partial charge in [-0.05, 0) is 13.0 Å². The first-order valence-electron chi connectivity index (χ1n) is 6.70. The lowest BCUT2D eigenvalue weighted by Crippen LogP contribution is -2.14. The largest absolute Gasteiger partial charge is 0.321 e. The number of nitrogens with one attached hydrogen (secondary N) is 1. The lowest BCUT2D eigenvalue weighted by Gasteiger charge is -2.08. The van der Waals surface area contributed by atoms with Gasteiger partial charge in [-0.2, -0.15) is 0 Å². The standard InChI is InChI=1S/C14H10N4O7/c1-8-12(3-2-4-13(8)18(24)25)15-14(19)9-5-10(16(20)21)7-11(6-9)17(22)23/h2-7H,1H3,(H,15,19). The molecule has 128 valence electrons. The maximum atomic E-state index is 12.3. The average Bonchev–Trinajstić information content (AvgIpc) is 2.55. The first-order chi connectivity index (χ1) is 11.7. The molecule has 0 fully saturated rings. The second-order valence-electron chi connectivity index (χ2n) is 4.91. The average molecular weight is 346 g/mol. The van der Waals surface area contributed by atoms with Gasteiger partial charge >= 0.3 is 0 Å². The van der Waals surface area contributed by atoms with Gasteiger partial charge in [-0.1, -0.05) is 6.07 Å². The monoisotopic (exact) mass is 346 g/mol. The molecule has 2 aromatic rings. The third kappa shape index (κ3) is 3.72. The van der Waals surface area contributed by atoms with E-state index in [0.29, 0.717) is 0 Å². The molecular weight excluding hydrogens is 336 g/mol. The van der Waals surface area contributed by atoms with E-state index in [1.54, 1.807) is 0 Å². The molecule has 0 spiro atoms. The fourth-order valence-electron chi connectivity index (χ4n) is 2.09. The summed E-state index contributed by atoms with van der Waals surface area (Å²) >= 11 is 0. The second-order valence-corrected chi connectivity index (χ2v) is 4.91. The van der Waals surface area contributed by atoms with Crippen molar-refractivity contribution in [3.63, 3.8) is 0 Å². The number of benzene rings is 2. The van der Waals surface area contributed by atoms with Crippen LogP contribution in [-0.4, -0.2) is 20.7 Å². The number of anilines is 1. The van der Waals surface area contributed by atoms with E-state index in [0.717, 1.165) is 18.2 Å². The summed E-state index contributed by atoms with van der Waals surface area (Å²) in [4.78, 5) is 42.6. The Morgan fingerprint density at radius 2 is 1.48 bits per heavy atom. The molecule has 11 heteroatoms. The van der Waals surface area contributed by atoms with Crippen molar-refractivity contribution >= 4 is 28.7 Å². The number of rotatable bonds is 5. The number of non-ortho nitro benzene ring substituents is 2. The Hall–Kier alpha value is -3.89. The van der Waals surface area contributed by atoms with E-state index in [9.17, 15) is 35.1 Å². The minimum Gasteiger partial charge on any atom is -0.321 e. The van der Waals surface area contributed by atoms with Crippen LogP contribution in [0.5, 0.6) is 0 Å². The highest BCUT2D eigenvalue weighted by atomic mass is 16.6. The van der Waals surface area contributed by atoms with E-state index in [-0.39, 0.29) is 22.5 Å². The van der Waals surface area contributed by atoms with Crippen LogP contribution in [0.1, 0.15) is 15.9 Å². The van der Waals surface area contributed by atoms with Gasteiger partial charge in [0.05, 0.1) is 37.7 Å². The Kier molecular flexibility index (Phi) is 4.68. The summed E-state index contributed by atoms with van der Waals surface area (Å²) in [6.07, 6.45) is 0. The number of hydrogen-bond donors (Lipinski definition) is 1. The second kappa shape index (κ2) is 6.70. The highest BCUT2D eigenvalue weighted by Gasteiger charge is 2.21. The molecule has 0 radical (unpaired) electrons. The van der Waals surface area contributed by atoms with E-state index < -0.39 is 32.1 Å². The van der Waals surface area contributed by atoms with Crippen LogP contribution in [0.15, 0.2) is 36.4 Å². The quantitative estimate of drug-likeness (QED) is 0.643. The number of carbonyl (C=O) groups excluding carboxylic acids is 1. The normalized spacial score (nSPS) is 10.1. The Labute approximate surface area is 139 Å². The van der Waals surface area contributed by atoms with Crippen molar-refractivity contribution in [2.45, 2.75) is 6.92 Å². The minimum atomic E-state index is -0.865. The third-order valence-electron chi connectivity index (χ3n) is 3.34. The summed E-state index contributed by atoms with van der Waals surface area (Å²) in [5.74, 6) is -0.865. The van der Waals surface area contributed by atoms with E-state index in [1.165, 1.54) is 25.1 Å². The van der Waals surface area contributed by atoms with Gasteiger partial charge in [0.2, 0.25) is 0 Å². The zero-order valence-corrected chi connectivity index (χ0v) is 12.7. The van der Waals surface area contributed by atoms with E-state index in [1.807, 2.05) is 0 Å². The van der Waals surface area contributed by atoms with Crippen LogP contribution in [-0.2, 0) is 0 Å². The molecule has 0 aromatic heterocycles. The first-order valence-corrected chi connectivity index (χ1v) is 6.70. The summed E-state index contributed by atoms with van der Waals surface area (Å²) in [6, 6.07) is 6.52. The van der Waals surface area contributed by atoms with Gasteiger partial charge in [0, 0.05) is 18.2 Å². The maximum absolute atomic E-state index is 12.3. The molecule has 25 heavy (non-hydrogen) atoms. The summed E-state index contributed by atoms with van der Waals surface area (Å²) in [7, 11) is 0. The van der Waals surface area contributed by atoms with Crippen molar-refractivity contribution in [3.05, 3.63) is 77.9 Å². The lowest BCUT2D eigenvalue weighted by atomic mass is 10.1. The molecule has 1 amide bonds. The van der Waals surface area contributed by atoms with Crippen molar-refractivity contribution in [3.8, 4) is 0 Å². The van der Waals surface area contributed by atoms with E-state index in [2.05, 4.69) is 5.32 Å². The van der Waals surface area contributed by atoms with E-state index >= 15 is 0 Å². The van der Waals surface area contributed by atoms with Crippen LogP contribution < -0.4 is 5.32 Å². The zero-order chi connectivity index (χ0) is 18.7. The van der Waals surface area contributed by atoms with Crippen LogP contribution in [0.2, 0.25) is 0 Å². The van der Waals surface area contributed by atoms with Crippen molar-refractivity contribution in [2.75, 3.05) is 5.32 Å². The molecular formula is C14H10N4O7. The summed E-state index contributed by atoms with van der Waals surface area (Å²) in [6.45, 7) is 1.42. The predicted molar refractivity (Wildman–Crippen MR) is 85.5 cm³/mol. The number of hydrogen-bond acceptors (Lipinski definition) is 7. The minimum absolute atomic E-state index is 0.119. The van der Waals surface area contributed by atoms with Crippen molar-refractivity contribution in [1.82, 2.24) is 0 Å². The molecule has 1 N–H and O–H groups in total. The van der Waals surface area contributed by atoms with Gasteiger partial charge in [0.25, 0.3) is 23.0 Å². The number of nitro benzene ring substituents is 3. The number of nitro groups is 3. The first kappa shape index (κ1) is 17.5. The summed E-state index contributed by atoms with van der Waals surface area (Å²) < 4.78 is 0. The third-order valence-corrected chi connectivity index (χ3v) is 3.34. The molecule has 0 bridgehead atoms. The molecule has 0 saturated carbocycles. The van der Waals surface area contributed by atoms with Crippen LogP contribution in [0.4, 0.5) is 22.7 Å². The van der Waals surface area contributed by atoms with Gasteiger partial charge in [-0.15, -0.1) is 0 Å². The predicted octanol–water partition coefficient (Wildman–Crippen LogP) is 2.97. The SMILES string of the molecule is Cc1c(NC(=O)c2cc([N+](=O)[O-])cc([N+](=O)[O-])c2)cccc1[N+](=O)[O-]. The summed E-state index contributed by atoms with van der Waals surface area (Å²) in [5, 5.41) is 35.0. The lowest BCUT2D eigenvalue weighted by molar-refractivity contribution is -0.394. The van der Waals surface area contributed by atoms with Crippen molar-refractivity contribution in [2.24, 2.45) is 0 Å². The molecule has 0 saturated heterocycles. The topological polar surface area (TPSA) is 159 Å². The number of carbonyl (C=O) groups is 1. The van der Waals surface area contributed by atoms with Crippen LogP contribution >= 0.6 is 0 Å². The van der Waals surface area contributed by atoms with Gasteiger partial charge in [0.15, 0.2) is 0 Å². The van der Waals surface area contributed by atoms with Crippen molar-refractivity contribution in [1.29, 1.82) is 0 Å². The Balaban J connectivity index is 2.42. The summed E-state index contributed by atoms with van der Waals surface area (Å²) in [5.41, 5.74) is -1.46. The molecule has 0 aliphatic rings. The highest BCUT2D eigenvalue weighted by molar-refractivity contribution is 6.05. The molecule has 0 aliphatic carbocycles. The Bertz CT molecular complexity index is 878. The van der Waals surface area contributed by atoms with Crippen molar-refractivity contribution < 1.29 is 19.6 Å². The molecule has 11 nitrogen and oxygen atoms in total. The van der Waals surface area contributed by atoms with Gasteiger partial charge < -0.3 is 5.32 Å². The number of nitrogens with zero attached hydrogens (tertiary/aromatic N) is 3. The molecule has 2 aromatic carbocycles. The molecule has 0 aliphatic heterocycles. The molecule has 0 heterocycles. The van der Waals surface area contributed by atoms with E-state index in [4.69, 9.17) is 0 Å². The Morgan fingerprint density at radius 1 is 0.920 bits per heavy atom. The number of amides is 1. The molecule has 0 atom stereocenters. The molecule has 0 unspecified atom stereocenters. The fraction of sp³-hybridized carbons (Fsp3) is 0.0714. The Morgan fingerprint density at radius 3 is 1.96 bits per heavy atom. The highest BCUT2D eigenvalue weighted by Crippen LogP contribution is 2.27. The zero-order valence-electron chi connectivity index (χ0n) is 12.7.